The van der Waals surface area contributed by atoms with Crippen molar-refractivity contribution >= 4 is 17.9 Å². The molecule has 0 unspecified atom stereocenters. The van der Waals surface area contributed by atoms with E-state index in [1.807, 2.05) is 0 Å². The van der Waals surface area contributed by atoms with Gasteiger partial charge in [-0.25, -0.2) is 0 Å². The standard InChI is InChI=1S/C28H44O6/c1-17(29)32-16-23(34-19(3)31)15-21-7-9-25-24-8-6-20-14-22(33-18(2)30)10-12-27(20,4)26(24)11-13-28(21,25)5/h20-26H,6-16H2,1-5H3/t20-,21+,22-,23+,24-,25-,26-,27-,28+/m0/s1. The van der Waals surface area contributed by atoms with Crippen LogP contribution in [0.5, 0.6) is 0 Å². The number of fused-ring (bicyclic) bond motifs is 5. The Hall–Kier alpha value is -1.59. The van der Waals surface area contributed by atoms with Gasteiger partial charge in [-0.3, -0.25) is 14.4 Å². The van der Waals surface area contributed by atoms with Crippen molar-refractivity contribution in [1.29, 1.82) is 0 Å². The maximum atomic E-state index is 11.7. The van der Waals surface area contributed by atoms with Crippen molar-refractivity contribution in [3.05, 3.63) is 0 Å². The molecular weight excluding hydrogens is 432 g/mol. The minimum Gasteiger partial charge on any atom is -0.463 e. The van der Waals surface area contributed by atoms with E-state index in [0.29, 0.717) is 23.2 Å². The van der Waals surface area contributed by atoms with E-state index in [9.17, 15) is 14.4 Å². The Morgan fingerprint density at radius 2 is 1.53 bits per heavy atom. The molecule has 0 saturated heterocycles. The third-order valence-corrected chi connectivity index (χ3v) is 10.5. The summed E-state index contributed by atoms with van der Waals surface area (Å²) in [4.78, 5) is 34.5. The van der Waals surface area contributed by atoms with E-state index in [0.717, 1.165) is 37.5 Å². The number of esters is 3. The number of hydrogen-bond donors (Lipinski definition) is 0. The van der Waals surface area contributed by atoms with Crippen LogP contribution >= 0.6 is 0 Å². The van der Waals surface area contributed by atoms with E-state index in [2.05, 4.69) is 13.8 Å². The second kappa shape index (κ2) is 9.81. The van der Waals surface area contributed by atoms with Gasteiger partial charge in [0.2, 0.25) is 0 Å². The highest BCUT2D eigenvalue weighted by atomic mass is 16.6. The summed E-state index contributed by atoms with van der Waals surface area (Å²) in [7, 11) is 0. The first kappa shape index (κ1) is 25.5. The number of carbonyl (C=O) groups is 3. The molecular formula is C28H44O6. The van der Waals surface area contributed by atoms with Gasteiger partial charge < -0.3 is 14.2 Å². The first-order valence-electron chi connectivity index (χ1n) is 13.5. The molecule has 0 radical (unpaired) electrons. The van der Waals surface area contributed by atoms with Crippen LogP contribution in [0.15, 0.2) is 0 Å². The van der Waals surface area contributed by atoms with Gasteiger partial charge in [0.1, 0.15) is 18.8 Å². The van der Waals surface area contributed by atoms with E-state index in [1.54, 1.807) is 0 Å². The molecule has 0 aliphatic heterocycles. The van der Waals surface area contributed by atoms with Crippen LogP contribution in [0, 0.1) is 40.4 Å². The Morgan fingerprint density at radius 3 is 2.21 bits per heavy atom. The quantitative estimate of drug-likeness (QED) is 0.374. The lowest BCUT2D eigenvalue weighted by Crippen LogP contribution is -2.54. The normalized spacial score (nSPS) is 41.9. The van der Waals surface area contributed by atoms with Crippen LogP contribution in [0.4, 0.5) is 0 Å². The first-order chi connectivity index (χ1) is 16.0. The van der Waals surface area contributed by atoms with Crippen LogP contribution in [-0.2, 0) is 28.6 Å². The third-order valence-electron chi connectivity index (χ3n) is 10.5. The van der Waals surface area contributed by atoms with Gasteiger partial charge in [0.15, 0.2) is 0 Å². The molecule has 0 heterocycles. The summed E-state index contributed by atoms with van der Waals surface area (Å²) in [6, 6.07) is 0. The fourth-order valence-electron chi connectivity index (χ4n) is 8.97. The molecule has 6 heteroatoms. The maximum Gasteiger partial charge on any atom is 0.303 e. The molecule has 0 amide bonds. The number of hydrogen-bond acceptors (Lipinski definition) is 6. The predicted octanol–water partition coefficient (Wildman–Crippen LogP) is 5.46. The molecule has 0 aromatic rings. The van der Waals surface area contributed by atoms with Crippen molar-refractivity contribution in [3.8, 4) is 0 Å². The molecule has 4 aliphatic rings. The molecule has 0 aromatic carbocycles. The molecule has 0 aromatic heterocycles. The highest BCUT2D eigenvalue weighted by Gasteiger charge is 2.60. The smallest absolute Gasteiger partial charge is 0.303 e. The van der Waals surface area contributed by atoms with Crippen LogP contribution < -0.4 is 0 Å². The molecule has 192 valence electrons. The summed E-state index contributed by atoms with van der Waals surface area (Å²) in [5.74, 6) is 2.59. The largest absolute Gasteiger partial charge is 0.463 e. The van der Waals surface area contributed by atoms with Gasteiger partial charge >= 0.3 is 17.9 Å². The molecule has 34 heavy (non-hydrogen) atoms. The van der Waals surface area contributed by atoms with Crippen molar-refractivity contribution in [1.82, 2.24) is 0 Å². The predicted molar refractivity (Wildman–Crippen MR) is 128 cm³/mol. The number of ether oxygens (including phenoxy) is 3. The first-order valence-corrected chi connectivity index (χ1v) is 13.5. The lowest BCUT2D eigenvalue weighted by Gasteiger charge is -2.61. The molecule has 0 spiro atoms. The fourth-order valence-corrected chi connectivity index (χ4v) is 8.97. The zero-order chi connectivity index (χ0) is 24.7. The van der Waals surface area contributed by atoms with Crippen molar-refractivity contribution < 1.29 is 28.6 Å². The van der Waals surface area contributed by atoms with E-state index >= 15 is 0 Å². The Morgan fingerprint density at radius 1 is 0.824 bits per heavy atom. The van der Waals surface area contributed by atoms with Crippen LogP contribution in [0.1, 0.15) is 98.8 Å². The molecule has 4 fully saturated rings. The second-order valence-electron chi connectivity index (χ2n) is 12.3. The van der Waals surface area contributed by atoms with Gasteiger partial charge in [0.25, 0.3) is 0 Å². The Balaban J connectivity index is 1.45. The molecule has 0 N–H and O–H groups in total. The van der Waals surface area contributed by atoms with Crippen LogP contribution in [0.3, 0.4) is 0 Å². The Labute approximate surface area is 204 Å². The molecule has 0 bridgehead atoms. The van der Waals surface area contributed by atoms with Crippen molar-refractivity contribution in [2.24, 2.45) is 40.4 Å². The monoisotopic (exact) mass is 476 g/mol. The zero-order valence-corrected chi connectivity index (χ0v) is 21.8. The lowest BCUT2D eigenvalue weighted by molar-refractivity contribution is -0.162. The van der Waals surface area contributed by atoms with Gasteiger partial charge in [-0.2, -0.15) is 0 Å². The topological polar surface area (TPSA) is 78.9 Å². The molecule has 4 aliphatic carbocycles. The van der Waals surface area contributed by atoms with E-state index in [-0.39, 0.29) is 42.1 Å². The zero-order valence-electron chi connectivity index (χ0n) is 21.8. The van der Waals surface area contributed by atoms with Crippen LogP contribution in [0.2, 0.25) is 0 Å². The van der Waals surface area contributed by atoms with E-state index in [1.165, 1.54) is 59.3 Å². The average molecular weight is 477 g/mol. The van der Waals surface area contributed by atoms with E-state index < -0.39 is 0 Å². The number of carbonyl (C=O) groups excluding carboxylic acids is 3. The summed E-state index contributed by atoms with van der Waals surface area (Å²) in [6.07, 6.45) is 11.2. The summed E-state index contributed by atoms with van der Waals surface area (Å²) in [5, 5.41) is 0. The Kier molecular flexibility index (Phi) is 7.36. The second-order valence-corrected chi connectivity index (χ2v) is 12.3. The molecule has 4 rings (SSSR count). The van der Waals surface area contributed by atoms with Gasteiger partial charge in [0, 0.05) is 20.8 Å². The molecule has 9 atom stereocenters. The number of rotatable bonds is 6. The highest BCUT2D eigenvalue weighted by Crippen LogP contribution is 2.68. The van der Waals surface area contributed by atoms with E-state index in [4.69, 9.17) is 14.2 Å². The molecule has 4 saturated carbocycles. The van der Waals surface area contributed by atoms with Gasteiger partial charge in [-0.1, -0.05) is 13.8 Å². The summed E-state index contributed by atoms with van der Waals surface area (Å²) in [5.41, 5.74) is 0.614. The minimum absolute atomic E-state index is 0.104. The minimum atomic E-state index is -0.357. The fraction of sp³-hybridized carbons (Fsp3) is 0.893. The maximum absolute atomic E-state index is 11.7. The summed E-state index contributed by atoms with van der Waals surface area (Å²) >= 11 is 0. The van der Waals surface area contributed by atoms with Crippen LogP contribution in [-0.4, -0.2) is 36.7 Å². The summed E-state index contributed by atoms with van der Waals surface area (Å²) < 4.78 is 16.4. The molecule has 6 nitrogen and oxygen atoms in total. The summed E-state index contributed by atoms with van der Waals surface area (Å²) in [6.45, 7) is 9.52. The Bertz CT molecular complexity index is 794. The third kappa shape index (κ3) is 4.88. The average Bonchev–Trinajstić information content (AvgIpc) is 3.07. The highest BCUT2D eigenvalue weighted by molar-refractivity contribution is 5.67. The van der Waals surface area contributed by atoms with Crippen molar-refractivity contribution in [2.45, 2.75) is 111 Å². The van der Waals surface area contributed by atoms with Gasteiger partial charge in [-0.05, 0) is 105 Å². The van der Waals surface area contributed by atoms with Crippen LogP contribution in [0.25, 0.3) is 0 Å². The van der Waals surface area contributed by atoms with Gasteiger partial charge in [-0.15, -0.1) is 0 Å². The SMILES string of the molecule is CC(=O)OC[C@@H](C[C@H]1CC[C@H]2[C@@H]3CC[C@H]4C[C@@H](OC(C)=O)CC[C@]4(C)[C@H]3CC[C@]12C)OC(C)=O. The van der Waals surface area contributed by atoms with Crippen molar-refractivity contribution in [3.63, 3.8) is 0 Å². The van der Waals surface area contributed by atoms with Crippen molar-refractivity contribution in [2.75, 3.05) is 6.61 Å². The lowest BCUT2D eigenvalue weighted by atomic mass is 9.44. The van der Waals surface area contributed by atoms with Gasteiger partial charge in [0.05, 0.1) is 0 Å².